The molecule has 1 amide bonds. The van der Waals surface area contributed by atoms with E-state index in [0.717, 1.165) is 33.7 Å². The highest BCUT2D eigenvalue weighted by Gasteiger charge is 2.12. The third-order valence-corrected chi connectivity index (χ3v) is 5.21. The summed E-state index contributed by atoms with van der Waals surface area (Å²) in [7, 11) is 1.61. The third kappa shape index (κ3) is 5.16. The molecule has 0 aromatic heterocycles. The van der Waals surface area contributed by atoms with E-state index in [1.54, 1.807) is 25.3 Å². The van der Waals surface area contributed by atoms with E-state index in [-0.39, 0.29) is 5.91 Å². The van der Waals surface area contributed by atoms with E-state index < -0.39 is 0 Å². The zero-order chi connectivity index (χ0) is 22.3. The molecule has 0 aliphatic rings. The fraction of sp³-hybridized carbons (Fsp3) is 0.107. The van der Waals surface area contributed by atoms with E-state index in [1.165, 1.54) is 0 Å². The van der Waals surface area contributed by atoms with Crippen molar-refractivity contribution in [3.8, 4) is 22.6 Å². The molecule has 160 valence electrons. The summed E-state index contributed by atoms with van der Waals surface area (Å²) >= 11 is 0. The Labute approximate surface area is 188 Å². The molecule has 0 heterocycles. The van der Waals surface area contributed by atoms with Crippen LogP contribution < -0.4 is 14.8 Å². The lowest BCUT2D eigenvalue weighted by molar-refractivity contribution is 0.102. The largest absolute Gasteiger partial charge is 0.496 e. The Kier molecular flexibility index (Phi) is 6.52. The standard InChI is InChI=1S/C28H25NO3/c1-20-8-13-25(14-9-20)29-28(30)23-12-17-27(31-2)24(18-23)19-32-26-15-10-22(11-16-26)21-6-4-3-5-7-21/h3-18H,19H2,1-2H3,(H,29,30). The van der Waals surface area contributed by atoms with Crippen molar-refractivity contribution in [3.63, 3.8) is 0 Å². The number of carbonyl (C=O) groups is 1. The highest BCUT2D eigenvalue weighted by atomic mass is 16.5. The fourth-order valence-corrected chi connectivity index (χ4v) is 3.41. The van der Waals surface area contributed by atoms with E-state index >= 15 is 0 Å². The van der Waals surface area contributed by atoms with Gasteiger partial charge in [0.2, 0.25) is 0 Å². The van der Waals surface area contributed by atoms with Crippen molar-refractivity contribution in [1.29, 1.82) is 0 Å². The molecule has 4 rings (SSSR count). The normalized spacial score (nSPS) is 10.4. The van der Waals surface area contributed by atoms with Gasteiger partial charge in [-0.05, 0) is 60.5 Å². The summed E-state index contributed by atoms with van der Waals surface area (Å²) < 4.78 is 11.4. The highest BCUT2D eigenvalue weighted by Crippen LogP contribution is 2.25. The quantitative estimate of drug-likeness (QED) is 0.369. The van der Waals surface area contributed by atoms with Crippen LogP contribution in [0.5, 0.6) is 11.5 Å². The second-order valence-electron chi connectivity index (χ2n) is 7.53. The van der Waals surface area contributed by atoms with Crippen molar-refractivity contribution in [2.45, 2.75) is 13.5 Å². The number of methoxy groups -OCH3 is 1. The van der Waals surface area contributed by atoms with Gasteiger partial charge in [0, 0.05) is 16.8 Å². The number of aryl methyl sites for hydroxylation is 1. The molecule has 0 spiro atoms. The highest BCUT2D eigenvalue weighted by molar-refractivity contribution is 6.04. The molecule has 0 saturated carbocycles. The predicted octanol–water partition coefficient (Wildman–Crippen LogP) is 6.50. The van der Waals surface area contributed by atoms with Crippen LogP contribution in [-0.2, 0) is 6.61 Å². The minimum absolute atomic E-state index is 0.176. The molecule has 0 unspecified atom stereocenters. The first-order valence-corrected chi connectivity index (χ1v) is 10.5. The third-order valence-electron chi connectivity index (χ3n) is 5.21. The maximum atomic E-state index is 12.7. The van der Waals surface area contributed by atoms with Gasteiger partial charge in [0.25, 0.3) is 5.91 Å². The molecule has 1 N–H and O–H groups in total. The van der Waals surface area contributed by atoms with Crippen molar-refractivity contribution >= 4 is 11.6 Å². The van der Waals surface area contributed by atoms with Crippen LogP contribution in [0.2, 0.25) is 0 Å². The molecular formula is C28H25NO3. The molecule has 4 nitrogen and oxygen atoms in total. The van der Waals surface area contributed by atoms with Crippen molar-refractivity contribution in [1.82, 2.24) is 0 Å². The lowest BCUT2D eigenvalue weighted by Gasteiger charge is -2.13. The van der Waals surface area contributed by atoms with E-state index in [4.69, 9.17) is 9.47 Å². The number of carbonyl (C=O) groups excluding carboxylic acids is 1. The molecule has 0 fully saturated rings. The van der Waals surface area contributed by atoms with Gasteiger partial charge in [0.05, 0.1) is 7.11 Å². The SMILES string of the molecule is COc1ccc(C(=O)Nc2ccc(C)cc2)cc1COc1ccc(-c2ccccc2)cc1. The Morgan fingerprint density at radius 2 is 1.50 bits per heavy atom. The minimum Gasteiger partial charge on any atom is -0.496 e. The Balaban J connectivity index is 1.45. The van der Waals surface area contributed by atoms with Crippen LogP contribution in [0.25, 0.3) is 11.1 Å². The van der Waals surface area contributed by atoms with Crippen LogP contribution in [0.4, 0.5) is 5.69 Å². The first-order valence-electron chi connectivity index (χ1n) is 10.5. The zero-order valence-electron chi connectivity index (χ0n) is 18.2. The molecule has 4 aromatic carbocycles. The number of ether oxygens (including phenoxy) is 2. The summed E-state index contributed by atoms with van der Waals surface area (Å²) in [6.07, 6.45) is 0. The molecule has 32 heavy (non-hydrogen) atoms. The van der Waals surface area contributed by atoms with Crippen LogP contribution in [0.15, 0.2) is 97.1 Å². The van der Waals surface area contributed by atoms with Crippen molar-refractivity contribution in [2.24, 2.45) is 0 Å². The first-order chi connectivity index (χ1) is 15.6. The number of hydrogen-bond donors (Lipinski definition) is 1. The number of benzene rings is 4. The molecule has 4 aromatic rings. The summed E-state index contributed by atoms with van der Waals surface area (Å²) in [5, 5.41) is 2.93. The topological polar surface area (TPSA) is 47.6 Å². The van der Waals surface area contributed by atoms with Gasteiger partial charge < -0.3 is 14.8 Å². The predicted molar refractivity (Wildman–Crippen MR) is 128 cm³/mol. The Morgan fingerprint density at radius 1 is 0.812 bits per heavy atom. The van der Waals surface area contributed by atoms with Crippen LogP contribution in [0.3, 0.4) is 0 Å². The van der Waals surface area contributed by atoms with Crippen LogP contribution in [0.1, 0.15) is 21.5 Å². The Morgan fingerprint density at radius 3 is 2.19 bits per heavy atom. The van der Waals surface area contributed by atoms with E-state index in [2.05, 4.69) is 17.4 Å². The average Bonchev–Trinajstić information content (AvgIpc) is 2.85. The van der Waals surface area contributed by atoms with Crippen LogP contribution in [0, 0.1) is 6.92 Å². The van der Waals surface area contributed by atoms with Gasteiger partial charge in [0.1, 0.15) is 18.1 Å². The van der Waals surface area contributed by atoms with Crippen LogP contribution in [-0.4, -0.2) is 13.0 Å². The zero-order valence-corrected chi connectivity index (χ0v) is 18.2. The molecule has 0 atom stereocenters. The number of anilines is 1. The smallest absolute Gasteiger partial charge is 0.255 e. The maximum absolute atomic E-state index is 12.7. The van der Waals surface area contributed by atoms with Gasteiger partial charge in [0.15, 0.2) is 0 Å². The lowest BCUT2D eigenvalue weighted by atomic mass is 10.1. The second kappa shape index (κ2) is 9.84. The molecular weight excluding hydrogens is 398 g/mol. The fourth-order valence-electron chi connectivity index (χ4n) is 3.41. The first kappa shape index (κ1) is 21.2. The molecule has 4 heteroatoms. The second-order valence-corrected chi connectivity index (χ2v) is 7.53. The van der Waals surface area contributed by atoms with Crippen molar-refractivity contribution in [2.75, 3.05) is 12.4 Å². The molecule has 0 bridgehead atoms. The summed E-state index contributed by atoms with van der Waals surface area (Å²) in [6.45, 7) is 2.30. The monoisotopic (exact) mass is 423 g/mol. The number of rotatable bonds is 7. The van der Waals surface area contributed by atoms with Gasteiger partial charge in [-0.25, -0.2) is 0 Å². The number of hydrogen-bond acceptors (Lipinski definition) is 3. The van der Waals surface area contributed by atoms with Gasteiger partial charge in [-0.2, -0.15) is 0 Å². The maximum Gasteiger partial charge on any atom is 0.255 e. The molecule has 0 aliphatic carbocycles. The van der Waals surface area contributed by atoms with E-state index in [0.29, 0.717) is 17.9 Å². The van der Waals surface area contributed by atoms with Crippen LogP contribution >= 0.6 is 0 Å². The summed E-state index contributed by atoms with van der Waals surface area (Å²) in [4.78, 5) is 12.7. The summed E-state index contributed by atoms with van der Waals surface area (Å²) in [5.41, 5.74) is 5.54. The molecule has 0 aliphatic heterocycles. The Hall–Kier alpha value is -4.05. The number of nitrogens with one attached hydrogen (secondary N) is 1. The van der Waals surface area contributed by atoms with E-state index in [9.17, 15) is 4.79 Å². The van der Waals surface area contributed by atoms with Crippen molar-refractivity contribution < 1.29 is 14.3 Å². The number of amides is 1. The van der Waals surface area contributed by atoms with Gasteiger partial charge in [-0.1, -0.05) is 60.2 Å². The van der Waals surface area contributed by atoms with Gasteiger partial charge in [-0.15, -0.1) is 0 Å². The molecule has 0 radical (unpaired) electrons. The van der Waals surface area contributed by atoms with Crippen molar-refractivity contribution in [3.05, 3.63) is 114 Å². The van der Waals surface area contributed by atoms with Gasteiger partial charge in [-0.3, -0.25) is 4.79 Å². The summed E-state index contributed by atoms with van der Waals surface area (Å²) in [6, 6.07) is 31.2. The average molecular weight is 424 g/mol. The Bertz CT molecular complexity index is 1180. The summed E-state index contributed by atoms with van der Waals surface area (Å²) in [5.74, 6) is 1.25. The van der Waals surface area contributed by atoms with Gasteiger partial charge >= 0.3 is 0 Å². The van der Waals surface area contributed by atoms with E-state index in [1.807, 2.05) is 73.7 Å². The lowest BCUT2D eigenvalue weighted by Crippen LogP contribution is -2.12. The molecule has 0 saturated heterocycles. The minimum atomic E-state index is -0.176.